The average Bonchev–Trinajstić information content (AvgIpc) is 2.30. The van der Waals surface area contributed by atoms with Gasteiger partial charge in [0.25, 0.3) is 0 Å². The number of nitriles is 1. The van der Waals surface area contributed by atoms with E-state index in [0.717, 1.165) is 12.3 Å². The maximum Gasteiger partial charge on any atom is 0.175 e. The van der Waals surface area contributed by atoms with E-state index in [-0.39, 0.29) is 5.56 Å². The third kappa shape index (κ3) is 2.82. The summed E-state index contributed by atoms with van der Waals surface area (Å²) in [4.78, 5) is 12.2. The van der Waals surface area contributed by atoms with Gasteiger partial charge in [-0.25, -0.2) is 12.8 Å². The van der Waals surface area contributed by atoms with Crippen molar-refractivity contribution < 1.29 is 17.6 Å². The van der Waals surface area contributed by atoms with Gasteiger partial charge in [0.2, 0.25) is 0 Å². The number of carbonyl (C=O) groups excluding carboxylic acids is 1. The Balaban J connectivity index is 3.32. The lowest BCUT2D eigenvalue weighted by molar-refractivity contribution is -0.121. The van der Waals surface area contributed by atoms with Crippen LogP contribution in [-0.2, 0) is 14.6 Å². The van der Waals surface area contributed by atoms with Crippen LogP contribution in [-0.4, -0.2) is 25.2 Å². The Morgan fingerprint density at radius 2 is 1.89 bits per heavy atom. The lowest BCUT2D eigenvalue weighted by Crippen LogP contribution is -2.42. The van der Waals surface area contributed by atoms with Crippen LogP contribution in [0.2, 0.25) is 0 Å². The van der Waals surface area contributed by atoms with Crippen molar-refractivity contribution in [2.45, 2.75) is 24.5 Å². The van der Waals surface area contributed by atoms with Crippen LogP contribution >= 0.6 is 0 Å². The van der Waals surface area contributed by atoms with Gasteiger partial charge in [-0.1, -0.05) is 18.2 Å². The highest BCUT2D eigenvalue weighted by molar-refractivity contribution is 7.92. The third-order valence-electron chi connectivity index (χ3n) is 3.13. The molecular formula is C13H14FNO3S. The fourth-order valence-corrected chi connectivity index (χ4v) is 1.99. The average molecular weight is 283 g/mol. The molecule has 0 radical (unpaired) electrons. The summed E-state index contributed by atoms with van der Waals surface area (Å²) in [5.74, 6) is -2.97. The van der Waals surface area contributed by atoms with Crippen molar-refractivity contribution >= 4 is 15.6 Å². The topological polar surface area (TPSA) is 75.0 Å². The molecule has 0 N–H and O–H groups in total. The highest BCUT2D eigenvalue weighted by Crippen LogP contribution is 2.28. The largest absolute Gasteiger partial charge is 0.296 e. The first-order chi connectivity index (χ1) is 8.63. The van der Waals surface area contributed by atoms with E-state index < -0.39 is 32.1 Å². The second kappa shape index (κ2) is 5.10. The summed E-state index contributed by atoms with van der Waals surface area (Å²) in [6.07, 6.45) is 0.917. The number of hydrogen-bond acceptors (Lipinski definition) is 4. The second-order valence-electron chi connectivity index (χ2n) is 4.73. The van der Waals surface area contributed by atoms with Gasteiger partial charge in [0.05, 0.1) is 6.07 Å². The molecule has 0 saturated heterocycles. The van der Waals surface area contributed by atoms with Crippen molar-refractivity contribution in [3.05, 3.63) is 35.6 Å². The summed E-state index contributed by atoms with van der Waals surface area (Å²) in [6, 6.07) is 7.03. The quantitative estimate of drug-likeness (QED) is 0.844. The predicted molar refractivity (Wildman–Crippen MR) is 68.7 cm³/mol. The van der Waals surface area contributed by atoms with Gasteiger partial charge in [0, 0.05) is 11.8 Å². The van der Waals surface area contributed by atoms with Gasteiger partial charge in [-0.2, -0.15) is 5.26 Å². The molecule has 0 saturated carbocycles. The van der Waals surface area contributed by atoms with Crippen molar-refractivity contribution in [2.75, 3.05) is 6.26 Å². The molecule has 0 fully saturated rings. The predicted octanol–water partition coefficient (Wildman–Crippen LogP) is 1.83. The van der Waals surface area contributed by atoms with Gasteiger partial charge in [-0.15, -0.1) is 0 Å². The summed E-state index contributed by atoms with van der Waals surface area (Å²) in [6.45, 7) is 2.44. The molecule has 0 aromatic heterocycles. The van der Waals surface area contributed by atoms with Gasteiger partial charge in [-0.3, -0.25) is 4.79 Å². The van der Waals surface area contributed by atoms with Crippen molar-refractivity contribution in [1.82, 2.24) is 0 Å². The minimum atomic E-state index is -3.70. The van der Waals surface area contributed by atoms with E-state index in [9.17, 15) is 17.6 Å². The first-order valence-corrected chi connectivity index (χ1v) is 7.40. The SMILES string of the molecule is CC(C)(C(=O)C(C#N)c1ccccc1F)S(C)(=O)=O. The normalized spacial score (nSPS) is 13.6. The Bertz CT molecular complexity index is 644. The van der Waals surface area contributed by atoms with E-state index in [1.54, 1.807) is 6.07 Å². The Morgan fingerprint density at radius 3 is 2.32 bits per heavy atom. The fraction of sp³-hybridized carbons (Fsp3) is 0.385. The van der Waals surface area contributed by atoms with Crippen molar-refractivity contribution in [2.24, 2.45) is 0 Å². The molecule has 19 heavy (non-hydrogen) atoms. The molecule has 4 nitrogen and oxygen atoms in total. The number of nitrogens with zero attached hydrogens (tertiary/aromatic N) is 1. The zero-order chi connectivity index (χ0) is 14.8. The first kappa shape index (κ1) is 15.3. The number of hydrogen-bond donors (Lipinski definition) is 0. The zero-order valence-corrected chi connectivity index (χ0v) is 11.7. The summed E-state index contributed by atoms with van der Waals surface area (Å²) >= 11 is 0. The molecule has 0 spiro atoms. The van der Waals surface area contributed by atoms with Gasteiger partial charge in [0.15, 0.2) is 15.6 Å². The Morgan fingerprint density at radius 1 is 1.37 bits per heavy atom. The standard InChI is InChI=1S/C13H14FNO3S/c1-13(2,19(3,17)18)12(16)10(8-15)9-6-4-5-7-11(9)14/h4-7,10H,1-3H3. The molecule has 1 rings (SSSR count). The van der Waals surface area contributed by atoms with E-state index in [1.807, 2.05) is 0 Å². The Kier molecular flexibility index (Phi) is 4.11. The molecule has 1 unspecified atom stereocenters. The molecule has 0 heterocycles. The van der Waals surface area contributed by atoms with E-state index in [2.05, 4.69) is 0 Å². The first-order valence-electron chi connectivity index (χ1n) is 5.51. The van der Waals surface area contributed by atoms with Crippen LogP contribution in [0, 0.1) is 17.1 Å². The second-order valence-corrected chi connectivity index (χ2v) is 7.30. The maximum absolute atomic E-state index is 13.6. The minimum Gasteiger partial charge on any atom is -0.296 e. The molecule has 0 aliphatic heterocycles. The van der Waals surface area contributed by atoms with E-state index in [1.165, 1.54) is 32.0 Å². The fourth-order valence-electron chi connectivity index (χ4n) is 1.51. The highest BCUT2D eigenvalue weighted by Gasteiger charge is 2.43. The Labute approximate surface area is 111 Å². The Hall–Kier alpha value is -1.74. The summed E-state index contributed by atoms with van der Waals surface area (Å²) in [7, 11) is -3.70. The van der Waals surface area contributed by atoms with Gasteiger partial charge in [0.1, 0.15) is 16.5 Å². The molecule has 0 bridgehead atoms. The minimum absolute atomic E-state index is 0.105. The van der Waals surface area contributed by atoms with Crippen molar-refractivity contribution in [1.29, 1.82) is 5.26 Å². The number of Topliss-reactive ketones (excluding diaryl/α,β-unsaturated/α-hetero) is 1. The van der Waals surface area contributed by atoms with Crippen LogP contribution in [0.5, 0.6) is 0 Å². The smallest absolute Gasteiger partial charge is 0.175 e. The summed E-state index contributed by atoms with van der Waals surface area (Å²) in [5, 5.41) is 9.07. The summed E-state index contributed by atoms with van der Waals surface area (Å²) in [5.41, 5.74) is -0.105. The van der Waals surface area contributed by atoms with Crippen LogP contribution in [0.15, 0.2) is 24.3 Å². The van der Waals surface area contributed by atoms with Crippen molar-refractivity contribution in [3.63, 3.8) is 0 Å². The third-order valence-corrected chi connectivity index (χ3v) is 5.18. The molecule has 102 valence electrons. The number of halogens is 1. The van der Waals surface area contributed by atoms with E-state index >= 15 is 0 Å². The molecule has 1 atom stereocenters. The molecule has 0 aliphatic rings. The maximum atomic E-state index is 13.6. The lowest BCUT2D eigenvalue weighted by Gasteiger charge is -2.23. The van der Waals surface area contributed by atoms with Gasteiger partial charge >= 0.3 is 0 Å². The van der Waals surface area contributed by atoms with Crippen LogP contribution in [0.3, 0.4) is 0 Å². The van der Waals surface area contributed by atoms with Crippen LogP contribution in [0.1, 0.15) is 25.3 Å². The van der Waals surface area contributed by atoms with Crippen LogP contribution in [0.25, 0.3) is 0 Å². The van der Waals surface area contributed by atoms with Crippen LogP contribution in [0.4, 0.5) is 4.39 Å². The number of ketones is 1. The van der Waals surface area contributed by atoms with E-state index in [4.69, 9.17) is 5.26 Å². The number of rotatable bonds is 4. The number of sulfone groups is 1. The molecular weight excluding hydrogens is 269 g/mol. The van der Waals surface area contributed by atoms with Crippen molar-refractivity contribution in [3.8, 4) is 6.07 Å². The van der Waals surface area contributed by atoms with Crippen LogP contribution < -0.4 is 0 Å². The highest BCUT2D eigenvalue weighted by atomic mass is 32.2. The van der Waals surface area contributed by atoms with E-state index in [0.29, 0.717) is 0 Å². The molecule has 0 amide bonds. The monoisotopic (exact) mass is 283 g/mol. The molecule has 0 aliphatic carbocycles. The zero-order valence-electron chi connectivity index (χ0n) is 10.8. The number of benzene rings is 1. The lowest BCUT2D eigenvalue weighted by atomic mass is 9.89. The summed E-state index contributed by atoms with van der Waals surface area (Å²) < 4.78 is 35.1. The number of carbonyl (C=O) groups is 1. The van der Waals surface area contributed by atoms with Gasteiger partial charge in [-0.05, 0) is 19.9 Å². The molecule has 1 aromatic carbocycles. The molecule has 6 heteroatoms. The van der Waals surface area contributed by atoms with Gasteiger partial charge < -0.3 is 0 Å². The molecule has 1 aromatic rings.